The van der Waals surface area contributed by atoms with E-state index in [2.05, 4.69) is 29.8 Å². The Morgan fingerprint density at radius 3 is 1.53 bits per heavy atom. The van der Waals surface area contributed by atoms with Gasteiger partial charge in [-0.05, 0) is 19.3 Å². The number of carbonyl (C=O) groups is 5. The van der Waals surface area contributed by atoms with Gasteiger partial charge in [-0.25, -0.2) is 9.59 Å². The summed E-state index contributed by atoms with van der Waals surface area (Å²) in [5, 5.41) is 184. The van der Waals surface area contributed by atoms with Gasteiger partial charge in [0.05, 0.1) is 69.5 Å². The average molecular weight is 1390 g/mol. The lowest BCUT2D eigenvalue weighted by Gasteiger charge is -2.51. The molecule has 32 heteroatoms. The first kappa shape index (κ1) is 84.6. The SMILES string of the molecule is CCCCCCCCCCCCC/C=C/[C@@H](O)[C@H](CO[C@@H]1O[C@H](CO)[C@@H](O[C@@H]2O[C@H](CO)[C@H](O)[C@H](O[C@]3(C(=O)O)C[C@H](O)[C@@H](NC(C)=O)C([C@H](O)[C@@H](CO)O[C@]4(C(=O)O)C[C@H](O)[C@@H](NC(C)=O)C([C@H](O)[C@H](O)CO)O4)O3)[C@H]2O)[C@H](O)C1O)NC(=O)CCCCCCCCCCC. The summed E-state index contributed by atoms with van der Waals surface area (Å²) in [7, 11) is 0. The first-order chi connectivity index (χ1) is 45.7. The van der Waals surface area contributed by atoms with Crippen molar-refractivity contribution in [3.63, 3.8) is 0 Å². The molecule has 4 heterocycles. The molecule has 3 unspecified atom stereocenters. The summed E-state index contributed by atoms with van der Waals surface area (Å²) in [5.74, 6) is -13.1. The molecule has 558 valence electrons. The number of aliphatic hydroxyl groups excluding tert-OH is 14. The number of unbranched alkanes of at least 4 members (excludes halogenated alkanes) is 19. The summed E-state index contributed by atoms with van der Waals surface area (Å²) in [6.45, 7) is 1.03. The molecule has 32 nitrogen and oxygen atoms in total. The Labute approximate surface area is 560 Å². The molecule has 19 N–H and O–H groups in total. The van der Waals surface area contributed by atoms with Crippen LogP contribution in [0.4, 0.5) is 0 Å². The number of hydrogen-bond acceptors (Lipinski definition) is 27. The van der Waals surface area contributed by atoms with Crippen molar-refractivity contribution in [2.24, 2.45) is 0 Å². The van der Waals surface area contributed by atoms with E-state index < -0.39 is 216 Å². The summed E-state index contributed by atoms with van der Waals surface area (Å²) in [6, 6.07) is -4.72. The van der Waals surface area contributed by atoms with Gasteiger partial charge in [0.25, 0.3) is 11.6 Å². The van der Waals surface area contributed by atoms with Crippen LogP contribution in [0.15, 0.2) is 12.2 Å². The zero-order valence-corrected chi connectivity index (χ0v) is 55.8. The fourth-order valence-electron chi connectivity index (χ4n) is 12.5. The van der Waals surface area contributed by atoms with Gasteiger partial charge >= 0.3 is 11.9 Å². The van der Waals surface area contributed by atoms with Crippen LogP contribution in [0.2, 0.25) is 0 Å². The Kier molecular flexibility index (Phi) is 38.0. The largest absolute Gasteiger partial charge is 0.477 e. The molecule has 4 rings (SSSR count). The molecule has 0 aliphatic carbocycles. The summed E-state index contributed by atoms with van der Waals surface area (Å²) < 4.78 is 46.3. The number of nitrogens with one attached hydrogen (secondary N) is 3. The zero-order valence-electron chi connectivity index (χ0n) is 55.8. The predicted octanol–water partition coefficient (Wildman–Crippen LogP) is -2.00. The molecule has 0 aromatic rings. The Hall–Kier alpha value is -3.79. The van der Waals surface area contributed by atoms with Crippen LogP contribution in [-0.2, 0) is 61.9 Å². The number of allylic oxidation sites excluding steroid dienone is 1. The highest BCUT2D eigenvalue weighted by molar-refractivity contribution is 5.78. The van der Waals surface area contributed by atoms with Crippen molar-refractivity contribution in [3.05, 3.63) is 12.2 Å². The van der Waals surface area contributed by atoms with Gasteiger partial charge in [-0.1, -0.05) is 142 Å². The molecule has 4 saturated heterocycles. The molecule has 0 saturated carbocycles. The second-order valence-electron chi connectivity index (χ2n) is 25.8. The van der Waals surface area contributed by atoms with Gasteiger partial charge in [0.2, 0.25) is 17.7 Å². The lowest BCUT2D eigenvalue weighted by atomic mass is 9.87. The maximum Gasteiger partial charge on any atom is 0.364 e. The molecular formula is C64H113N3O29. The van der Waals surface area contributed by atoms with Crippen molar-refractivity contribution in [2.45, 2.75) is 328 Å². The highest BCUT2D eigenvalue weighted by Gasteiger charge is 2.62. The van der Waals surface area contributed by atoms with Gasteiger partial charge in [-0.15, -0.1) is 0 Å². The van der Waals surface area contributed by atoms with Crippen molar-refractivity contribution in [2.75, 3.05) is 33.0 Å². The Morgan fingerprint density at radius 1 is 0.562 bits per heavy atom. The standard InChI is InChI=1S/C64H113N3O29/c1-5-7-9-11-13-15-16-17-18-20-21-23-25-27-39(74)38(67-46(78)28-26-24-22-19-14-12-10-8-6-2)35-89-59-53(83)52(82)55(45(34-71)91-59)92-60-54(84)58(50(80)43(32-69)90-60)96-64(62(87)88)30-41(76)48(66-37(4)73)57(95-64)51(81)44(33-70)93-63(61(85)86)29-40(75)47(65-36(3)72)56(94-63)49(79)42(77)31-68/h25,27,38-45,47-60,68-71,74-77,79-84H,5-24,26,28-35H2,1-4H3,(H,65,72)(H,66,73)(H,67,78)(H,85,86)(H,87,88)/b27-25+/t38-,39+,40-,41-,42+,43+,44+,45+,47+,48+,49+,50-,51+,52+,53?,54+,55+,56?,57?,58-,59+,60-,63+,64-/m0/s1. The maximum atomic E-state index is 13.5. The first-order valence-corrected chi connectivity index (χ1v) is 34.2. The van der Waals surface area contributed by atoms with Crippen LogP contribution in [0.25, 0.3) is 0 Å². The van der Waals surface area contributed by atoms with Crippen molar-refractivity contribution >= 4 is 29.7 Å². The van der Waals surface area contributed by atoms with Gasteiger partial charge in [-0.2, -0.15) is 0 Å². The Morgan fingerprint density at radius 2 is 1.04 bits per heavy atom. The van der Waals surface area contributed by atoms with E-state index in [1.165, 1.54) is 57.8 Å². The highest BCUT2D eigenvalue weighted by Crippen LogP contribution is 2.41. The third-order valence-electron chi connectivity index (χ3n) is 18.0. The van der Waals surface area contributed by atoms with Crippen LogP contribution in [0, 0.1) is 0 Å². The fraction of sp³-hybridized carbons (Fsp3) is 0.891. The second kappa shape index (κ2) is 43.1. The summed E-state index contributed by atoms with van der Waals surface area (Å²) in [6.07, 6.45) is -16.4. The monoisotopic (exact) mass is 1390 g/mol. The molecule has 0 radical (unpaired) electrons. The summed E-state index contributed by atoms with van der Waals surface area (Å²) in [5.41, 5.74) is 0. The van der Waals surface area contributed by atoms with E-state index in [0.717, 1.165) is 78.1 Å². The minimum atomic E-state index is -3.39. The molecule has 4 aliphatic rings. The number of carbonyl (C=O) groups excluding carboxylic acids is 3. The lowest BCUT2D eigenvalue weighted by molar-refractivity contribution is -0.388. The van der Waals surface area contributed by atoms with Gasteiger partial charge in [0, 0.05) is 33.1 Å². The average Bonchev–Trinajstić information content (AvgIpc) is 0.760. The summed E-state index contributed by atoms with van der Waals surface area (Å²) >= 11 is 0. The number of amides is 3. The minimum Gasteiger partial charge on any atom is -0.477 e. The van der Waals surface area contributed by atoms with Crippen LogP contribution in [-0.4, -0.2) is 290 Å². The number of ether oxygens (including phenoxy) is 8. The van der Waals surface area contributed by atoms with E-state index in [0.29, 0.717) is 12.8 Å². The van der Waals surface area contributed by atoms with Crippen molar-refractivity contribution in [3.8, 4) is 0 Å². The smallest absolute Gasteiger partial charge is 0.364 e. The Balaban J connectivity index is 1.54. The molecule has 3 amide bonds. The van der Waals surface area contributed by atoms with E-state index in [1.54, 1.807) is 6.08 Å². The second-order valence-corrected chi connectivity index (χ2v) is 25.8. The molecule has 96 heavy (non-hydrogen) atoms. The normalized spacial score (nSPS) is 33.0. The minimum absolute atomic E-state index is 0.153. The van der Waals surface area contributed by atoms with Crippen molar-refractivity contribution in [1.29, 1.82) is 0 Å². The third kappa shape index (κ3) is 25.1. The highest BCUT2D eigenvalue weighted by atomic mass is 16.8. The van der Waals surface area contributed by atoms with Gasteiger partial charge in [0.1, 0.15) is 85.5 Å². The van der Waals surface area contributed by atoms with Crippen molar-refractivity contribution < 1.29 is 144 Å². The van der Waals surface area contributed by atoms with Crippen molar-refractivity contribution in [1.82, 2.24) is 16.0 Å². The van der Waals surface area contributed by atoms with Gasteiger partial charge in [-0.3, -0.25) is 14.4 Å². The van der Waals surface area contributed by atoms with E-state index in [4.69, 9.17) is 37.9 Å². The van der Waals surface area contributed by atoms with Crippen LogP contribution in [0.1, 0.15) is 182 Å². The zero-order chi connectivity index (χ0) is 71.3. The van der Waals surface area contributed by atoms with E-state index >= 15 is 0 Å². The molecule has 0 aromatic carbocycles. The molecule has 0 spiro atoms. The molecule has 0 bridgehead atoms. The predicted molar refractivity (Wildman–Crippen MR) is 335 cm³/mol. The summed E-state index contributed by atoms with van der Waals surface area (Å²) in [4.78, 5) is 64.7. The number of aliphatic carboxylic acids is 2. The van der Waals surface area contributed by atoms with Crippen LogP contribution < -0.4 is 16.0 Å². The quantitative estimate of drug-likeness (QED) is 0.0231. The lowest BCUT2D eigenvalue weighted by Crippen LogP contribution is -2.72. The molecular weight excluding hydrogens is 1270 g/mol. The first-order valence-electron chi connectivity index (χ1n) is 34.2. The number of carboxylic acids is 2. The molecule has 0 aromatic heterocycles. The maximum absolute atomic E-state index is 13.5. The van der Waals surface area contributed by atoms with E-state index in [1.807, 2.05) is 6.08 Å². The number of aliphatic hydroxyl groups is 14. The molecule has 4 aliphatic heterocycles. The number of rotatable bonds is 46. The Bertz CT molecular complexity index is 2300. The topological polar surface area (TPSA) is 519 Å². The number of hydrogen-bond donors (Lipinski definition) is 19. The van der Waals surface area contributed by atoms with Crippen LogP contribution in [0.5, 0.6) is 0 Å². The third-order valence-corrected chi connectivity index (χ3v) is 18.0. The van der Waals surface area contributed by atoms with Crippen LogP contribution >= 0.6 is 0 Å². The van der Waals surface area contributed by atoms with Gasteiger partial charge < -0.3 is 136 Å². The number of carboxylic acid groups (broad SMARTS) is 2. The van der Waals surface area contributed by atoms with E-state index in [-0.39, 0.29) is 12.3 Å². The molecule has 24 atom stereocenters. The fourth-order valence-corrected chi connectivity index (χ4v) is 12.5. The van der Waals surface area contributed by atoms with E-state index in [9.17, 15) is 106 Å². The molecule has 4 fully saturated rings. The van der Waals surface area contributed by atoms with Crippen LogP contribution in [0.3, 0.4) is 0 Å². The van der Waals surface area contributed by atoms with Gasteiger partial charge in [0.15, 0.2) is 12.6 Å².